The molecule has 5 heteroatoms. The average Bonchev–Trinajstić information content (AvgIpc) is 2.57. The van der Waals surface area contributed by atoms with Crippen LogP contribution in [0.1, 0.15) is 36.8 Å². The third-order valence-electron chi connectivity index (χ3n) is 4.23. The lowest BCUT2D eigenvalue weighted by Crippen LogP contribution is -2.25. The highest BCUT2D eigenvalue weighted by Crippen LogP contribution is 2.33. The minimum Gasteiger partial charge on any atom is -0.326 e. The van der Waals surface area contributed by atoms with Gasteiger partial charge in [0.05, 0.1) is 11.6 Å². The van der Waals surface area contributed by atoms with Gasteiger partial charge in [-0.15, -0.1) is 0 Å². The maximum atomic E-state index is 14.0. The van der Waals surface area contributed by atoms with E-state index in [1.165, 1.54) is 30.7 Å². The number of fused-ring (bicyclic) bond motifs is 1. The number of amides is 2. The molecule has 0 radical (unpaired) electrons. The predicted octanol–water partition coefficient (Wildman–Crippen LogP) is 3.84. The van der Waals surface area contributed by atoms with Gasteiger partial charge in [-0.1, -0.05) is 24.3 Å². The van der Waals surface area contributed by atoms with Crippen LogP contribution in [0.3, 0.4) is 0 Å². The lowest BCUT2D eigenvalue weighted by atomic mass is 9.82. The maximum Gasteiger partial charge on any atom is 0.232 e. The molecule has 0 spiro atoms. The minimum atomic E-state index is -0.526. The molecule has 2 N–H and O–H groups in total. The fourth-order valence-electron chi connectivity index (χ4n) is 3.15. The summed E-state index contributed by atoms with van der Waals surface area (Å²) in [5.41, 5.74) is 2.72. The molecular formula is C19H19FN2O2. The minimum absolute atomic E-state index is 0.0781. The zero-order chi connectivity index (χ0) is 17.1. The van der Waals surface area contributed by atoms with Crippen LogP contribution in [-0.2, 0) is 16.0 Å². The number of benzene rings is 2. The summed E-state index contributed by atoms with van der Waals surface area (Å²) in [4.78, 5) is 23.8. The van der Waals surface area contributed by atoms with Crippen molar-refractivity contribution >= 4 is 23.2 Å². The third kappa shape index (κ3) is 3.45. The number of hydrogen-bond donors (Lipinski definition) is 2. The lowest BCUT2D eigenvalue weighted by Gasteiger charge is -2.24. The smallest absolute Gasteiger partial charge is 0.232 e. The molecule has 2 aromatic carbocycles. The zero-order valence-corrected chi connectivity index (χ0v) is 13.4. The number of aryl methyl sites for hydroxylation is 1. The van der Waals surface area contributed by atoms with E-state index in [1.54, 1.807) is 0 Å². The van der Waals surface area contributed by atoms with Crippen molar-refractivity contribution in [1.82, 2.24) is 0 Å². The number of halogens is 1. The van der Waals surface area contributed by atoms with Crippen LogP contribution in [0.2, 0.25) is 0 Å². The SMILES string of the molecule is CC(=O)Nc1ccc(F)c(NC(=O)[C@@H]2CCCc3ccccc32)c1. The fraction of sp³-hybridized carbons (Fsp3) is 0.263. The van der Waals surface area contributed by atoms with Crippen LogP contribution < -0.4 is 10.6 Å². The quantitative estimate of drug-likeness (QED) is 0.900. The van der Waals surface area contributed by atoms with Crippen LogP contribution in [0.5, 0.6) is 0 Å². The van der Waals surface area contributed by atoms with Crippen LogP contribution in [0.25, 0.3) is 0 Å². The summed E-state index contributed by atoms with van der Waals surface area (Å²) in [6.07, 6.45) is 2.64. The average molecular weight is 326 g/mol. The van der Waals surface area contributed by atoms with Crippen molar-refractivity contribution in [2.75, 3.05) is 10.6 Å². The van der Waals surface area contributed by atoms with E-state index in [9.17, 15) is 14.0 Å². The highest BCUT2D eigenvalue weighted by atomic mass is 19.1. The Kier molecular flexibility index (Phi) is 4.60. The van der Waals surface area contributed by atoms with Gasteiger partial charge in [-0.2, -0.15) is 0 Å². The van der Waals surface area contributed by atoms with Gasteiger partial charge in [0.1, 0.15) is 5.82 Å². The molecule has 0 heterocycles. The zero-order valence-electron chi connectivity index (χ0n) is 13.4. The van der Waals surface area contributed by atoms with Crippen molar-refractivity contribution in [3.63, 3.8) is 0 Å². The highest BCUT2D eigenvalue weighted by molar-refractivity contribution is 5.97. The van der Waals surface area contributed by atoms with Gasteiger partial charge in [-0.25, -0.2) is 4.39 Å². The molecule has 1 aliphatic rings. The topological polar surface area (TPSA) is 58.2 Å². The highest BCUT2D eigenvalue weighted by Gasteiger charge is 2.26. The molecule has 0 aromatic heterocycles. The summed E-state index contributed by atoms with van der Waals surface area (Å²) in [6, 6.07) is 12.0. The lowest BCUT2D eigenvalue weighted by molar-refractivity contribution is -0.118. The normalized spacial score (nSPS) is 16.2. The first-order chi connectivity index (χ1) is 11.5. The molecule has 2 amide bonds. The van der Waals surface area contributed by atoms with Crippen molar-refractivity contribution in [3.8, 4) is 0 Å². The standard InChI is InChI=1S/C19H19FN2O2/c1-12(23)21-14-9-10-17(20)18(11-14)22-19(24)16-8-4-6-13-5-2-3-7-15(13)16/h2-3,5,7,9-11,16H,4,6,8H2,1H3,(H,21,23)(H,22,24)/t16-/m1/s1. The Balaban J connectivity index is 1.82. The molecule has 0 unspecified atom stereocenters. The first-order valence-electron chi connectivity index (χ1n) is 8.00. The van der Waals surface area contributed by atoms with E-state index < -0.39 is 5.82 Å². The summed E-state index contributed by atoms with van der Waals surface area (Å²) < 4.78 is 14.0. The third-order valence-corrected chi connectivity index (χ3v) is 4.23. The van der Waals surface area contributed by atoms with Crippen LogP contribution in [0.15, 0.2) is 42.5 Å². The fourth-order valence-corrected chi connectivity index (χ4v) is 3.15. The molecule has 0 saturated heterocycles. The summed E-state index contributed by atoms with van der Waals surface area (Å²) in [6.45, 7) is 1.38. The molecule has 0 aliphatic heterocycles. The number of rotatable bonds is 3. The molecule has 0 bridgehead atoms. The number of hydrogen-bond acceptors (Lipinski definition) is 2. The van der Waals surface area contributed by atoms with E-state index in [4.69, 9.17) is 0 Å². The molecule has 0 fully saturated rings. The van der Waals surface area contributed by atoms with Crippen molar-refractivity contribution in [2.24, 2.45) is 0 Å². The van der Waals surface area contributed by atoms with Gasteiger partial charge in [0.15, 0.2) is 0 Å². The monoisotopic (exact) mass is 326 g/mol. The number of nitrogens with one attached hydrogen (secondary N) is 2. The number of anilines is 2. The second-order valence-corrected chi connectivity index (χ2v) is 6.01. The second-order valence-electron chi connectivity index (χ2n) is 6.01. The van der Waals surface area contributed by atoms with E-state index in [0.717, 1.165) is 24.8 Å². The summed E-state index contributed by atoms with van der Waals surface area (Å²) in [5.74, 6) is -1.28. The molecule has 24 heavy (non-hydrogen) atoms. The molecular weight excluding hydrogens is 307 g/mol. The van der Waals surface area contributed by atoms with Crippen molar-refractivity contribution < 1.29 is 14.0 Å². The van der Waals surface area contributed by atoms with E-state index in [-0.39, 0.29) is 23.4 Å². The van der Waals surface area contributed by atoms with Crippen molar-refractivity contribution in [3.05, 3.63) is 59.4 Å². The van der Waals surface area contributed by atoms with E-state index >= 15 is 0 Å². The van der Waals surface area contributed by atoms with Gasteiger partial charge in [0.2, 0.25) is 11.8 Å². The Morgan fingerprint density at radius 1 is 1.12 bits per heavy atom. The van der Waals surface area contributed by atoms with Gasteiger partial charge >= 0.3 is 0 Å². The Labute approximate surface area is 140 Å². The summed E-state index contributed by atoms with van der Waals surface area (Å²) in [7, 11) is 0. The maximum absolute atomic E-state index is 14.0. The Hall–Kier alpha value is -2.69. The molecule has 2 aromatic rings. The molecule has 124 valence electrons. The van der Waals surface area contributed by atoms with E-state index in [2.05, 4.69) is 10.6 Å². The number of carbonyl (C=O) groups excluding carboxylic acids is 2. The Bertz CT molecular complexity index is 789. The van der Waals surface area contributed by atoms with E-state index in [0.29, 0.717) is 5.69 Å². The molecule has 1 aliphatic carbocycles. The van der Waals surface area contributed by atoms with Crippen LogP contribution >= 0.6 is 0 Å². The predicted molar refractivity (Wildman–Crippen MR) is 91.5 cm³/mol. The molecule has 1 atom stereocenters. The van der Waals surface area contributed by atoms with Crippen molar-refractivity contribution in [1.29, 1.82) is 0 Å². The first-order valence-corrected chi connectivity index (χ1v) is 8.00. The van der Waals surface area contributed by atoms with Crippen molar-refractivity contribution in [2.45, 2.75) is 32.1 Å². The van der Waals surface area contributed by atoms with Gasteiger partial charge in [0, 0.05) is 12.6 Å². The van der Waals surface area contributed by atoms with E-state index in [1.807, 2.05) is 24.3 Å². The summed E-state index contributed by atoms with van der Waals surface area (Å²) in [5, 5.41) is 5.25. The van der Waals surface area contributed by atoms with Crippen LogP contribution in [-0.4, -0.2) is 11.8 Å². The Morgan fingerprint density at radius 3 is 2.71 bits per heavy atom. The largest absolute Gasteiger partial charge is 0.326 e. The van der Waals surface area contributed by atoms with Gasteiger partial charge in [-0.05, 0) is 48.6 Å². The summed E-state index contributed by atoms with van der Waals surface area (Å²) >= 11 is 0. The molecule has 4 nitrogen and oxygen atoms in total. The number of carbonyl (C=O) groups is 2. The second kappa shape index (κ2) is 6.83. The van der Waals surface area contributed by atoms with Gasteiger partial charge in [-0.3, -0.25) is 9.59 Å². The first kappa shape index (κ1) is 16.2. The Morgan fingerprint density at radius 2 is 1.92 bits per heavy atom. The van der Waals surface area contributed by atoms with Crippen LogP contribution in [0.4, 0.5) is 15.8 Å². The van der Waals surface area contributed by atoms with Crippen LogP contribution in [0, 0.1) is 5.82 Å². The van der Waals surface area contributed by atoms with Gasteiger partial charge in [0.25, 0.3) is 0 Å². The molecule has 0 saturated carbocycles. The molecule has 3 rings (SSSR count). The van der Waals surface area contributed by atoms with Gasteiger partial charge < -0.3 is 10.6 Å².